The fourth-order valence-electron chi connectivity index (χ4n) is 1.33. The van der Waals surface area contributed by atoms with Gasteiger partial charge in [-0.05, 0) is 19.9 Å². The van der Waals surface area contributed by atoms with E-state index in [1.807, 2.05) is 19.9 Å². The maximum atomic E-state index is 11.9. The predicted molar refractivity (Wildman–Crippen MR) is 61.7 cm³/mol. The number of nitrogens with zero attached hydrogens (tertiary/aromatic N) is 2. The largest absolute Gasteiger partial charge is 0.468 e. The first-order valence-electron chi connectivity index (χ1n) is 4.99. The second-order valence-electron chi connectivity index (χ2n) is 3.27. The molecule has 0 unspecified atom stereocenters. The molecule has 0 aliphatic rings. The summed E-state index contributed by atoms with van der Waals surface area (Å²) in [5.74, 6) is 0.804. The average molecular weight is 236 g/mol. The van der Waals surface area contributed by atoms with Gasteiger partial charge >= 0.3 is 0 Å². The number of hydrogen-bond donors (Lipinski definition) is 0. The Morgan fingerprint density at radius 1 is 1.56 bits per heavy atom. The normalized spacial score (nSPS) is 10.6. The molecule has 5 heteroatoms. The Bertz CT molecular complexity index is 545. The van der Waals surface area contributed by atoms with Crippen LogP contribution in [0.3, 0.4) is 0 Å². The first-order chi connectivity index (χ1) is 7.72. The number of aryl methyl sites for hydroxylation is 2. The molecule has 2 heterocycles. The third kappa shape index (κ3) is 2.04. The van der Waals surface area contributed by atoms with E-state index in [9.17, 15) is 4.79 Å². The molecule has 0 spiro atoms. The molecule has 0 fully saturated rings. The zero-order chi connectivity index (χ0) is 11.5. The fraction of sp³-hybridized carbons (Fsp3) is 0.273. The Morgan fingerprint density at radius 3 is 3.00 bits per heavy atom. The lowest BCUT2D eigenvalue weighted by Gasteiger charge is -2.03. The second kappa shape index (κ2) is 4.57. The van der Waals surface area contributed by atoms with Gasteiger partial charge in [-0.15, -0.1) is 0 Å². The molecule has 0 aromatic carbocycles. The third-order valence-corrected chi connectivity index (χ3v) is 3.36. The van der Waals surface area contributed by atoms with Crippen LogP contribution in [0.25, 0.3) is 0 Å². The zero-order valence-corrected chi connectivity index (χ0v) is 9.95. The van der Waals surface area contributed by atoms with Crippen molar-refractivity contribution < 1.29 is 4.42 Å². The van der Waals surface area contributed by atoms with Crippen molar-refractivity contribution in [2.45, 2.75) is 30.3 Å². The van der Waals surface area contributed by atoms with Gasteiger partial charge in [0.05, 0.1) is 11.2 Å². The van der Waals surface area contributed by atoms with Gasteiger partial charge in [0.15, 0.2) is 5.03 Å². The van der Waals surface area contributed by atoms with Crippen LogP contribution in [-0.2, 0) is 6.54 Å². The van der Waals surface area contributed by atoms with Gasteiger partial charge in [0.1, 0.15) is 5.76 Å². The van der Waals surface area contributed by atoms with Crippen LogP contribution >= 0.6 is 11.8 Å². The maximum Gasteiger partial charge on any atom is 0.283 e. The molecular formula is C11H12N2O2S. The average Bonchev–Trinajstić information content (AvgIpc) is 2.68. The van der Waals surface area contributed by atoms with Gasteiger partial charge in [-0.2, -0.15) is 0 Å². The van der Waals surface area contributed by atoms with Gasteiger partial charge in [0.2, 0.25) is 0 Å². The molecule has 0 saturated carbocycles. The molecule has 0 N–H and O–H groups in total. The third-order valence-electron chi connectivity index (χ3n) is 2.24. The first-order valence-corrected chi connectivity index (χ1v) is 5.81. The van der Waals surface area contributed by atoms with Crippen molar-refractivity contribution in [3.63, 3.8) is 0 Å². The minimum absolute atomic E-state index is 0.0596. The van der Waals surface area contributed by atoms with Crippen molar-refractivity contribution in [3.05, 3.63) is 40.8 Å². The Hall–Kier alpha value is -1.49. The molecule has 0 radical (unpaired) electrons. The highest BCUT2D eigenvalue weighted by Gasteiger charge is 2.09. The summed E-state index contributed by atoms with van der Waals surface area (Å²) >= 11 is 1.34. The minimum Gasteiger partial charge on any atom is -0.468 e. The molecule has 4 nitrogen and oxygen atoms in total. The van der Waals surface area contributed by atoms with E-state index in [0.29, 0.717) is 11.6 Å². The molecule has 0 bridgehead atoms. The quantitative estimate of drug-likeness (QED) is 0.820. The van der Waals surface area contributed by atoms with Crippen LogP contribution in [0.5, 0.6) is 0 Å². The van der Waals surface area contributed by atoms with Crippen molar-refractivity contribution in [2.75, 3.05) is 0 Å². The van der Waals surface area contributed by atoms with E-state index < -0.39 is 0 Å². The molecule has 2 rings (SSSR count). The van der Waals surface area contributed by atoms with Crippen LogP contribution in [0.2, 0.25) is 0 Å². The molecule has 16 heavy (non-hydrogen) atoms. The molecule has 0 atom stereocenters. The molecule has 0 aliphatic heterocycles. The summed E-state index contributed by atoms with van der Waals surface area (Å²) in [6.07, 6.45) is 4.94. The fourth-order valence-corrected chi connectivity index (χ4v) is 2.17. The minimum atomic E-state index is -0.0596. The lowest BCUT2D eigenvalue weighted by molar-refractivity contribution is 0.527. The van der Waals surface area contributed by atoms with E-state index in [1.165, 1.54) is 11.8 Å². The van der Waals surface area contributed by atoms with E-state index in [0.717, 1.165) is 10.7 Å². The maximum absolute atomic E-state index is 11.9. The van der Waals surface area contributed by atoms with Gasteiger partial charge in [-0.25, -0.2) is 4.98 Å². The highest BCUT2D eigenvalue weighted by Crippen LogP contribution is 2.27. The van der Waals surface area contributed by atoms with Crippen molar-refractivity contribution >= 4 is 11.8 Å². The highest BCUT2D eigenvalue weighted by molar-refractivity contribution is 7.99. The molecule has 0 amide bonds. The highest BCUT2D eigenvalue weighted by atomic mass is 32.2. The van der Waals surface area contributed by atoms with Crippen molar-refractivity contribution in [1.29, 1.82) is 0 Å². The van der Waals surface area contributed by atoms with E-state index in [4.69, 9.17) is 4.42 Å². The Kier molecular flexibility index (Phi) is 3.14. The molecule has 2 aromatic rings. The zero-order valence-electron chi connectivity index (χ0n) is 9.14. The van der Waals surface area contributed by atoms with Crippen molar-refractivity contribution in [2.24, 2.45) is 0 Å². The Balaban J connectivity index is 2.36. The van der Waals surface area contributed by atoms with E-state index in [-0.39, 0.29) is 5.56 Å². The summed E-state index contributed by atoms with van der Waals surface area (Å²) in [7, 11) is 0. The van der Waals surface area contributed by atoms with Gasteiger partial charge in [-0.1, -0.05) is 11.8 Å². The summed E-state index contributed by atoms with van der Waals surface area (Å²) in [5.41, 5.74) is -0.0596. The summed E-state index contributed by atoms with van der Waals surface area (Å²) in [5, 5.41) is 0.480. The summed E-state index contributed by atoms with van der Waals surface area (Å²) in [6, 6.07) is 1.84. The standard InChI is InChI=1S/C11H12N2O2S/c1-3-13-6-5-12-10(11(13)14)16-9-4-7-15-8(9)2/h4-7H,3H2,1-2H3. The number of aromatic nitrogens is 2. The van der Waals surface area contributed by atoms with Crippen LogP contribution in [-0.4, -0.2) is 9.55 Å². The van der Waals surface area contributed by atoms with Crippen LogP contribution in [0, 0.1) is 6.92 Å². The van der Waals surface area contributed by atoms with Gasteiger partial charge < -0.3 is 8.98 Å². The molecule has 0 aliphatic carbocycles. The lowest BCUT2D eigenvalue weighted by atomic mass is 10.5. The monoisotopic (exact) mass is 236 g/mol. The van der Waals surface area contributed by atoms with Crippen LogP contribution < -0.4 is 5.56 Å². The van der Waals surface area contributed by atoms with E-state index >= 15 is 0 Å². The van der Waals surface area contributed by atoms with E-state index in [1.54, 1.807) is 23.2 Å². The number of rotatable bonds is 3. The van der Waals surface area contributed by atoms with Crippen LogP contribution in [0.1, 0.15) is 12.7 Å². The second-order valence-corrected chi connectivity index (χ2v) is 4.30. The van der Waals surface area contributed by atoms with Gasteiger partial charge in [0, 0.05) is 18.9 Å². The van der Waals surface area contributed by atoms with Crippen molar-refractivity contribution in [1.82, 2.24) is 9.55 Å². The Morgan fingerprint density at radius 2 is 2.38 bits per heavy atom. The van der Waals surface area contributed by atoms with Crippen LogP contribution in [0.4, 0.5) is 0 Å². The predicted octanol–water partition coefficient (Wildman–Crippen LogP) is 2.32. The first kappa shape index (κ1) is 11.0. The number of hydrogen-bond acceptors (Lipinski definition) is 4. The SMILES string of the molecule is CCn1ccnc(Sc2ccoc2C)c1=O. The molecular weight excluding hydrogens is 224 g/mol. The van der Waals surface area contributed by atoms with Crippen LogP contribution in [0.15, 0.2) is 43.9 Å². The smallest absolute Gasteiger partial charge is 0.283 e. The molecule has 2 aromatic heterocycles. The summed E-state index contributed by atoms with van der Waals surface area (Å²) in [4.78, 5) is 16.9. The van der Waals surface area contributed by atoms with E-state index in [2.05, 4.69) is 4.98 Å². The molecule has 0 saturated heterocycles. The summed E-state index contributed by atoms with van der Waals surface area (Å²) in [6.45, 7) is 4.45. The lowest BCUT2D eigenvalue weighted by Crippen LogP contribution is -2.20. The number of furan rings is 1. The topological polar surface area (TPSA) is 48.0 Å². The molecule has 84 valence electrons. The summed E-state index contributed by atoms with van der Waals surface area (Å²) < 4.78 is 6.81. The van der Waals surface area contributed by atoms with Gasteiger partial charge in [0.25, 0.3) is 5.56 Å². The van der Waals surface area contributed by atoms with Crippen molar-refractivity contribution in [3.8, 4) is 0 Å². The Labute approximate surface area is 97.3 Å². The van der Waals surface area contributed by atoms with Gasteiger partial charge in [-0.3, -0.25) is 4.79 Å².